The Bertz CT molecular complexity index is 334. The number of hydrogen-bond donors (Lipinski definition) is 2. The van der Waals surface area contributed by atoms with Gasteiger partial charge in [0, 0.05) is 25.7 Å². The summed E-state index contributed by atoms with van der Waals surface area (Å²) in [5.41, 5.74) is 0. The molecule has 6 heteroatoms. The molecule has 2 atom stereocenters. The molecule has 6 nitrogen and oxygen atoms in total. The molecule has 0 bridgehead atoms. The smallest absolute Gasteiger partial charge is 0.317 e. The Morgan fingerprint density at radius 1 is 1.45 bits per heavy atom. The monoisotopic (exact) mass is 285 g/mol. The number of carbonyl (C=O) groups excluding carboxylic acids is 1. The number of nitrogens with zero attached hydrogens (tertiary/aromatic N) is 2. The minimum Gasteiger partial charge on any atom is -0.481 e. The summed E-state index contributed by atoms with van der Waals surface area (Å²) in [6.07, 6.45) is 3.49. The van der Waals surface area contributed by atoms with Crippen LogP contribution in [0, 0.1) is 5.92 Å². The van der Waals surface area contributed by atoms with Gasteiger partial charge in [-0.15, -0.1) is 0 Å². The van der Waals surface area contributed by atoms with Crippen molar-refractivity contribution < 1.29 is 14.7 Å². The number of nitrogens with one attached hydrogen (secondary N) is 1. The summed E-state index contributed by atoms with van der Waals surface area (Å²) in [6, 6.07) is 0.249. The first-order valence-corrected chi connectivity index (χ1v) is 7.37. The first-order valence-electron chi connectivity index (χ1n) is 7.37. The molecule has 2 N–H and O–H groups in total. The molecule has 0 radical (unpaired) electrons. The van der Waals surface area contributed by atoms with Crippen LogP contribution in [0.4, 0.5) is 4.79 Å². The average molecular weight is 285 g/mol. The number of amides is 2. The second kappa shape index (κ2) is 8.09. The van der Waals surface area contributed by atoms with Crippen LogP contribution in [0.5, 0.6) is 0 Å². The third-order valence-electron chi connectivity index (χ3n) is 3.90. The second-order valence-electron chi connectivity index (χ2n) is 5.72. The van der Waals surface area contributed by atoms with Crippen LogP contribution in [0.3, 0.4) is 0 Å². The van der Waals surface area contributed by atoms with E-state index >= 15 is 0 Å². The number of aliphatic carboxylic acids is 1. The van der Waals surface area contributed by atoms with Gasteiger partial charge in [0.1, 0.15) is 0 Å². The molecule has 0 saturated carbocycles. The SMILES string of the molecule is CCCC(CNC(=O)N1CCCC(N(C)C)C1)C(=O)O. The van der Waals surface area contributed by atoms with Crippen LogP contribution in [0.1, 0.15) is 32.6 Å². The van der Waals surface area contributed by atoms with Crippen LogP contribution in [0.25, 0.3) is 0 Å². The number of likely N-dealkylation sites (N-methyl/N-ethyl adjacent to an activating group) is 1. The number of likely N-dealkylation sites (tertiary alicyclic amines) is 1. The van der Waals surface area contributed by atoms with Crippen molar-refractivity contribution in [1.29, 1.82) is 0 Å². The predicted octanol–water partition coefficient (Wildman–Crippen LogP) is 1.22. The van der Waals surface area contributed by atoms with Crippen LogP contribution in [0.2, 0.25) is 0 Å². The predicted molar refractivity (Wildman–Crippen MR) is 77.7 cm³/mol. The Hall–Kier alpha value is -1.30. The van der Waals surface area contributed by atoms with Crippen molar-refractivity contribution in [2.75, 3.05) is 33.7 Å². The molecule has 0 spiro atoms. The third kappa shape index (κ3) is 5.00. The zero-order chi connectivity index (χ0) is 15.1. The molecular weight excluding hydrogens is 258 g/mol. The van der Waals surface area contributed by atoms with E-state index in [2.05, 4.69) is 10.2 Å². The summed E-state index contributed by atoms with van der Waals surface area (Å²) in [7, 11) is 4.04. The molecule has 1 rings (SSSR count). The molecular formula is C14H27N3O3. The lowest BCUT2D eigenvalue weighted by Crippen LogP contribution is -2.51. The summed E-state index contributed by atoms with van der Waals surface area (Å²) in [6.45, 7) is 3.63. The molecule has 1 heterocycles. The fourth-order valence-electron chi connectivity index (χ4n) is 2.54. The second-order valence-corrected chi connectivity index (χ2v) is 5.72. The molecule has 0 aromatic heterocycles. The van der Waals surface area contributed by atoms with Gasteiger partial charge in [-0.25, -0.2) is 4.79 Å². The molecule has 20 heavy (non-hydrogen) atoms. The van der Waals surface area contributed by atoms with E-state index in [1.165, 1.54) is 0 Å². The van der Waals surface area contributed by atoms with E-state index in [9.17, 15) is 9.59 Å². The van der Waals surface area contributed by atoms with Crippen molar-refractivity contribution in [2.45, 2.75) is 38.6 Å². The van der Waals surface area contributed by atoms with E-state index in [1.54, 1.807) is 4.90 Å². The quantitative estimate of drug-likeness (QED) is 0.769. The average Bonchev–Trinajstić information content (AvgIpc) is 2.42. The fraction of sp³-hybridized carbons (Fsp3) is 0.857. The van der Waals surface area contributed by atoms with Gasteiger partial charge in [0.25, 0.3) is 0 Å². The Morgan fingerprint density at radius 2 is 2.15 bits per heavy atom. The van der Waals surface area contributed by atoms with Crippen molar-refractivity contribution in [3.63, 3.8) is 0 Å². The number of carboxylic acid groups (broad SMARTS) is 1. The number of carbonyl (C=O) groups is 2. The zero-order valence-corrected chi connectivity index (χ0v) is 12.8. The lowest BCUT2D eigenvalue weighted by molar-refractivity contribution is -0.141. The summed E-state index contributed by atoms with van der Waals surface area (Å²) >= 11 is 0. The maximum atomic E-state index is 12.1. The molecule has 116 valence electrons. The Balaban J connectivity index is 2.43. The lowest BCUT2D eigenvalue weighted by atomic mass is 10.0. The van der Waals surface area contributed by atoms with Gasteiger partial charge in [-0.05, 0) is 33.4 Å². The van der Waals surface area contributed by atoms with Crippen LogP contribution >= 0.6 is 0 Å². The largest absolute Gasteiger partial charge is 0.481 e. The molecule has 2 unspecified atom stereocenters. The number of carboxylic acids is 1. The molecule has 2 amide bonds. The minimum absolute atomic E-state index is 0.140. The molecule has 0 aliphatic carbocycles. The van der Waals surface area contributed by atoms with E-state index in [0.717, 1.165) is 25.8 Å². The van der Waals surface area contributed by atoms with Crippen LogP contribution in [0.15, 0.2) is 0 Å². The van der Waals surface area contributed by atoms with Crippen molar-refractivity contribution in [1.82, 2.24) is 15.1 Å². The highest BCUT2D eigenvalue weighted by molar-refractivity contribution is 5.76. The van der Waals surface area contributed by atoms with Gasteiger partial charge in [-0.1, -0.05) is 13.3 Å². The lowest BCUT2D eigenvalue weighted by Gasteiger charge is -2.36. The van der Waals surface area contributed by atoms with E-state index < -0.39 is 11.9 Å². The van der Waals surface area contributed by atoms with Crippen molar-refractivity contribution in [3.8, 4) is 0 Å². The van der Waals surface area contributed by atoms with Gasteiger partial charge >= 0.3 is 12.0 Å². The van der Waals surface area contributed by atoms with Gasteiger partial charge in [-0.3, -0.25) is 4.79 Å². The summed E-state index contributed by atoms with van der Waals surface area (Å²) in [5.74, 6) is -1.32. The Labute approximate surface area is 121 Å². The first kappa shape index (κ1) is 16.8. The van der Waals surface area contributed by atoms with E-state index in [4.69, 9.17) is 5.11 Å². The van der Waals surface area contributed by atoms with E-state index in [-0.39, 0.29) is 12.6 Å². The Morgan fingerprint density at radius 3 is 2.70 bits per heavy atom. The molecule has 1 saturated heterocycles. The van der Waals surface area contributed by atoms with Crippen molar-refractivity contribution >= 4 is 12.0 Å². The molecule has 1 fully saturated rings. The number of piperidine rings is 1. The van der Waals surface area contributed by atoms with Gasteiger partial charge in [0.05, 0.1) is 5.92 Å². The topological polar surface area (TPSA) is 72.9 Å². The minimum atomic E-state index is -0.836. The van der Waals surface area contributed by atoms with E-state index in [1.807, 2.05) is 21.0 Å². The molecule has 1 aliphatic heterocycles. The standard InChI is InChI=1S/C14H27N3O3/c1-4-6-11(13(18)19)9-15-14(20)17-8-5-7-12(10-17)16(2)3/h11-12H,4-10H2,1-3H3,(H,15,20)(H,18,19). The highest BCUT2D eigenvalue weighted by Crippen LogP contribution is 2.14. The number of hydrogen-bond acceptors (Lipinski definition) is 3. The normalized spacial score (nSPS) is 20.8. The third-order valence-corrected chi connectivity index (χ3v) is 3.90. The molecule has 0 aromatic carbocycles. The van der Waals surface area contributed by atoms with Crippen LogP contribution in [-0.4, -0.2) is 66.7 Å². The zero-order valence-electron chi connectivity index (χ0n) is 12.8. The van der Waals surface area contributed by atoms with Crippen molar-refractivity contribution in [2.24, 2.45) is 5.92 Å². The van der Waals surface area contributed by atoms with Crippen molar-refractivity contribution in [3.05, 3.63) is 0 Å². The van der Waals surface area contributed by atoms with Gasteiger partial charge in [0.15, 0.2) is 0 Å². The summed E-state index contributed by atoms with van der Waals surface area (Å²) in [5, 5.41) is 11.8. The maximum absolute atomic E-state index is 12.1. The summed E-state index contributed by atoms with van der Waals surface area (Å²) < 4.78 is 0. The number of urea groups is 1. The highest BCUT2D eigenvalue weighted by Gasteiger charge is 2.25. The van der Waals surface area contributed by atoms with Gasteiger partial charge in [-0.2, -0.15) is 0 Å². The highest BCUT2D eigenvalue weighted by atomic mass is 16.4. The first-order chi connectivity index (χ1) is 9.45. The van der Waals surface area contributed by atoms with Gasteiger partial charge in [0.2, 0.25) is 0 Å². The maximum Gasteiger partial charge on any atom is 0.317 e. The molecule has 0 aromatic rings. The number of rotatable bonds is 6. The Kier molecular flexibility index (Phi) is 6.78. The van der Waals surface area contributed by atoms with Crippen LogP contribution in [-0.2, 0) is 4.79 Å². The summed E-state index contributed by atoms with van der Waals surface area (Å²) in [4.78, 5) is 27.1. The van der Waals surface area contributed by atoms with E-state index in [0.29, 0.717) is 19.0 Å². The molecule has 1 aliphatic rings. The van der Waals surface area contributed by atoms with Crippen LogP contribution < -0.4 is 5.32 Å². The van der Waals surface area contributed by atoms with Gasteiger partial charge < -0.3 is 20.2 Å². The fourth-order valence-corrected chi connectivity index (χ4v) is 2.54.